The normalized spacial score (nSPS) is 21.5. The Morgan fingerprint density at radius 3 is 2.50 bits per heavy atom. The number of nitrogens with zero attached hydrogens (tertiary/aromatic N) is 2. The molecule has 2 fully saturated rings. The van der Waals surface area contributed by atoms with Crippen molar-refractivity contribution in [3.05, 3.63) is 54.1 Å². The molecule has 0 saturated carbocycles. The van der Waals surface area contributed by atoms with Crippen LogP contribution in [0.3, 0.4) is 0 Å². The van der Waals surface area contributed by atoms with Gasteiger partial charge < -0.3 is 24.2 Å². The largest absolute Gasteiger partial charge is 0.497 e. The summed E-state index contributed by atoms with van der Waals surface area (Å²) in [7, 11) is 3.36. The summed E-state index contributed by atoms with van der Waals surface area (Å²) in [5.41, 5.74) is 2.41. The van der Waals surface area contributed by atoms with E-state index in [0.29, 0.717) is 12.6 Å². The Morgan fingerprint density at radius 2 is 1.80 bits per heavy atom. The van der Waals surface area contributed by atoms with E-state index >= 15 is 0 Å². The smallest absolute Gasteiger partial charge is 0.277 e. The lowest BCUT2D eigenvalue weighted by atomic mass is 10.0. The minimum Gasteiger partial charge on any atom is -0.497 e. The van der Waals surface area contributed by atoms with Crippen molar-refractivity contribution in [1.29, 1.82) is 0 Å². The summed E-state index contributed by atoms with van der Waals surface area (Å²) in [6.45, 7) is 4.93. The average molecular weight is 411 g/mol. The van der Waals surface area contributed by atoms with Gasteiger partial charge in [-0.2, -0.15) is 0 Å². The molecule has 2 aliphatic heterocycles. The summed E-state index contributed by atoms with van der Waals surface area (Å²) < 4.78 is 11.0. The van der Waals surface area contributed by atoms with Gasteiger partial charge in [0.2, 0.25) is 0 Å². The number of methoxy groups -OCH3 is 2. The van der Waals surface area contributed by atoms with Crippen molar-refractivity contribution >= 4 is 11.6 Å². The maximum atomic E-state index is 13.1. The van der Waals surface area contributed by atoms with Gasteiger partial charge in [-0.3, -0.25) is 4.79 Å². The zero-order chi connectivity index (χ0) is 20.9. The number of ether oxygens (including phenoxy) is 2. The molecule has 6 heteroatoms. The van der Waals surface area contributed by atoms with Gasteiger partial charge in [0.15, 0.2) is 6.54 Å². The lowest BCUT2D eigenvalue weighted by Gasteiger charge is -2.36. The average Bonchev–Trinajstić information content (AvgIpc) is 3.27. The molecular weight excluding hydrogens is 378 g/mol. The molecule has 0 spiro atoms. The van der Waals surface area contributed by atoms with Crippen molar-refractivity contribution in [3.63, 3.8) is 0 Å². The van der Waals surface area contributed by atoms with Gasteiger partial charge in [-0.15, -0.1) is 0 Å². The number of carbonyl (C=O) groups is 1. The molecule has 2 aliphatic rings. The molecule has 6 nitrogen and oxygen atoms in total. The van der Waals surface area contributed by atoms with E-state index in [9.17, 15) is 4.79 Å². The highest BCUT2D eigenvalue weighted by Gasteiger charge is 2.35. The highest BCUT2D eigenvalue weighted by Crippen LogP contribution is 2.31. The minimum atomic E-state index is 0.261. The van der Waals surface area contributed by atoms with Gasteiger partial charge in [-0.25, -0.2) is 0 Å². The van der Waals surface area contributed by atoms with Crippen molar-refractivity contribution < 1.29 is 19.2 Å². The molecule has 4 rings (SSSR count). The Kier molecular flexibility index (Phi) is 6.43. The van der Waals surface area contributed by atoms with Crippen molar-refractivity contribution in [1.82, 2.24) is 4.90 Å². The van der Waals surface area contributed by atoms with Crippen LogP contribution >= 0.6 is 0 Å². The predicted molar refractivity (Wildman–Crippen MR) is 117 cm³/mol. The number of benzene rings is 2. The topological polar surface area (TPSA) is 46.5 Å². The lowest BCUT2D eigenvalue weighted by Crippen LogP contribution is -3.11. The molecule has 1 unspecified atom stereocenters. The van der Waals surface area contributed by atoms with E-state index in [1.54, 1.807) is 14.2 Å². The maximum Gasteiger partial charge on any atom is 0.277 e. The SMILES string of the molecule is COc1ccc([C@H]2CCC[NH+]2CC(=O)N2CCN(c3ccccc3)CC2)c(OC)c1. The zero-order valence-electron chi connectivity index (χ0n) is 18.0. The Balaban J connectivity index is 1.37. The fourth-order valence-electron chi connectivity index (χ4n) is 4.76. The summed E-state index contributed by atoms with van der Waals surface area (Å²) in [5, 5.41) is 0. The van der Waals surface area contributed by atoms with Gasteiger partial charge in [0, 0.05) is 50.8 Å². The maximum absolute atomic E-state index is 13.1. The summed E-state index contributed by atoms with van der Waals surface area (Å²) in [6, 6.07) is 16.8. The Morgan fingerprint density at radius 1 is 1.03 bits per heavy atom. The molecule has 0 radical (unpaired) electrons. The van der Waals surface area contributed by atoms with Crippen LogP contribution in [-0.2, 0) is 4.79 Å². The van der Waals surface area contributed by atoms with Crippen LogP contribution in [-0.4, -0.2) is 64.3 Å². The first kappa shape index (κ1) is 20.5. The van der Waals surface area contributed by atoms with Crippen LogP contribution in [0.5, 0.6) is 11.5 Å². The molecule has 1 amide bonds. The highest BCUT2D eigenvalue weighted by atomic mass is 16.5. The van der Waals surface area contributed by atoms with Crippen LogP contribution in [0, 0.1) is 0 Å². The molecular formula is C24H32N3O3+. The van der Waals surface area contributed by atoms with Crippen LogP contribution in [0.2, 0.25) is 0 Å². The molecule has 0 bridgehead atoms. The number of para-hydroxylation sites is 1. The predicted octanol–water partition coefficient (Wildman–Crippen LogP) is 1.77. The molecule has 30 heavy (non-hydrogen) atoms. The Labute approximate surface area is 179 Å². The van der Waals surface area contributed by atoms with Gasteiger partial charge >= 0.3 is 0 Å². The van der Waals surface area contributed by atoms with E-state index in [1.807, 2.05) is 23.1 Å². The van der Waals surface area contributed by atoms with Gasteiger partial charge in [0.1, 0.15) is 17.5 Å². The van der Waals surface area contributed by atoms with Crippen molar-refractivity contribution in [2.75, 3.05) is 58.4 Å². The molecule has 1 N–H and O–H groups in total. The second kappa shape index (κ2) is 9.39. The molecule has 2 atom stereocenters. The van der Waals surface area contributed by atoms with Crippen LogP contribution in [0.4, 0.5) is 5.69 Å². The fourth-order valence-corrected chi connectivity index (χ4v) is 4.76. The Hall–Kier alpha value is -2.73. The van der Waals surface area contributed by atoms with Crippen molar-refractivity contribution in [3.8, 4) is 11.5 Å². The number of carbonyl (C=O) groups excluding carboxylic acids is 1. The summed E-state index contributed by atoms with van der Waals surface area (Å²) in [6.07, 6.45) is 2.21. The van der Waals surface area contributed by atoms with E-state index in [1.165, 1.54) is 16.2 Å². The van der Waals surface area contributed by atoms with Gasteiger partial charge in [-0.1, -0.05) is 18.2 Å². The minimum absolute atomic E-state index is 0.261. The van der Waals surface area contributed by atoms with E-state index in [2.05, 4.69) is 35.2 Å². The third-order valence-electron chi connectivity index (χ3n) is 6.43. The van der Waals surface area contributed by atoms with Crippen molar-refractivity contribution in [2.24, 2.45) is 0 Å². The number of hydrogen-bond donors (Lipinski definition) is 1. The van der Waals surface area contributed by atoms with Crippen LogP contribution in [0.25, 0.3) is 0 Å². The summed E-state index contributed by atoms with van der Waals surface area (Å²) in [5.74, 6) is 1.90. The molecule has 2 aromatic carbocycles. The molecule has 2 heterocycles. The van der Waals surface area contributed by atoms with Gasteiger partial charge in [-0.05, 0) is 24.3 Å². The number of likely N-dealkylation sites (tertiary alicyclic amines) is 1. The number of quaternary nitrogens is 1. The van der Waals surface area contributed by atoms with E-state index in [0.717, 1.165) is 57.1 Å². The van der Waals surface area contributed by atoms with Gasteiger partial charge in [0.05, 0.1) is 26.3 Å². The highest BCUT2D eigenvalue weighted by molar-refractivity contribution is 5.77. The molecule has 0 aliphatic carbocycles. The molecule has 160 valence electrons. The number of nitrogens with one attached hydrogen (secondary N) is 1. The van der Waals surface area contributed by atoms with E-state index in [-0.39, 0.29) is 5.91 Å². The van der Waals surface area contributed by atoms with E-state index in [4.69, 9.17) is 9.47 Å². The number of rotatable bonds is 6. The summed E-state index contributed by atoms with van der Waals surface area (Å²) >= 11 is 0. The van der Waals surface area contributed by atoms with Gasteiger partial charge in [0.25, 0.3) is 5.91 Å². The standard InChI is InChI=1S/C24H31N3O3/c1-29-20-10-11-21(23(17-20)30-2)22-9-6-12-27(22)18-24(28)26-15-13-25(14-16-26)19-7-4-3-5-8-19/h3-5,7-8,10-11,17,22H,6,9,12-16,18H2,1-2H3/p+1/t22-/m1/s1. The molecule has 2 saturated heterocycles. The first-order chi connectivity index (χ1) is 14.7. The van der Waals surface area contributed by atoms with Crippen LogP contribution in [0.1, 0.15) is 24.4 Å². The molecule has 2 aromatic rings. The first-order valence-corrected chi connectivity index (χ1v) is 10.8. The third kappa shape index (κ3) is 4.38. The second-order valence-electron chi connectivity index (χ2n) is 8.09. The Bertz CT molecular complexity index is 850. The van der Waals surface area contributed by atoms with Crippen LogP contribution in [0.15, 0.2) is 48.5 Å². The quantitative estimate of drug-likeness (QED) is 0.789. The van der Waals surface area contributed by atoms with E-state index < -0.39 is 0 Å². The third-order valence-corrected chi connectivity index (χ3v) is 6.43. The van der Waals surface area contributed by atoms with Crippen molar-refractivity contribution in [2.45, 2.75) is 18.9 Å². The first-order valence-electron chi connectivity index (χ1n) is 10.8. The van der Waals surface area contributed by atoms with Crippen LogP contribution < -0.4 is 19.3 Å². The molecule has 0 aromatic heterocycles. The number of piperazine rings is 1. The number of amides is 1. The number of anilines is 1. The number of hydrogen-bond acceptors (Lipinski definition) is 4. The monoisotopic (exact) mass is 410 g/mol. The summed E-state index contributed by atoms with van der Waals surface area (Å²) in [4.78, 5) is 18.8. The zero-order valence-corrected chi connectivity index (χ0v) is 18.0. The second-order valence-corrected chi connectivity index (χ2v) is 8.09. The fraction of sp³-hybridized carbons (Fsp3) is 0.458. The lowest BCUT2D eigenvalue weighted by molar-refractivity contribution is -0.910.